The van der Waals surface area contributed by atoms with E-state index in [9.17, 15) is 8.42 Å². The van der Waals surface area contributed by atoms with Gasteiger partial charge in [-0.25, -0.2) is 5.14 Å². The Morgan fingerprint density at radius 2 is 1.79 bits per heavy atom. The van der Waals surface area contributed by atoms with Crippen molar-refractivity contribution in [2.45, 2.75) is 19.8 Å². The van der Waals surface area contributed by atoms with Crippen molar-refractivity contribution in [3.63, 3.8) is 0 Å². The van der Waals surface area contributed by atoms with Gasteiger partial charge in [-0.3, -0.25) is 0 Å². The lowest BCUT2D eigenvalue weighted by Crippen LogP contribution is -2.50. The molecule has 0 aromatic carbocycles. The van der Waals surface area contributed by atoms with Crippen LogP contribution in [-0.2, 0) is 10.2 Å². The minimum absolute atomic E-state index is 0.530. The Hall–Kier alpha value is -0.170. The van der Waals surface area contributed by atoms with E-state index in [1.54, 1.807) is 0 Å². The SMILES string of the molecule is CCCCN1CCN(S(N)(=O)=O)CC1. The first-order valence-corrected chi connectivity index (χ1v) is 6.54. The Kier molecular flexibility index (Phi) is 4.31. The van der Waals surface area contributed by atoms with Crippen molar-refractivity contribution in [3.05, 3.63) is 0 Å². The first kappa shape index (κ1) is 11.9. The van der Waals surface area contributed by atoms with Crippen LogP contribution in [0.15, 0.2) is 0 Å². The third kappa shape index (κ3) is 3.53. The smallest absolute Gasteiger partial charge is 0.276 e. The summed E-state index contributed by atoms with van der Waals surface area (Å²) in [6.07, 6.45) is 2.35. The molecule has 0 radical (unpaired) electrons. The molecule has 84 valence electrons. The molecule has 14 heavy (non-hydrogen) atoms. The van der Waals surface area contributed by atoms with Crippen molar-refractivity contribution in [1.82, 2.24) is 9.21 Å². The van der Waals surface area contributed by atoms with Gasteiger partial charge in [-0.2, -0.15) is 12.7 Å². The van der Waals surface area contributed by atoms with E-state index in [2.05, 4.69) is 11.8 Å². The molecule has 0 aliphatic carbocycles. The second-order valence-corrected chi connectivity index (χ2v) is 5.19. The highest BCUT2D eigenvalue weighted by molar-refractivity contribution is 7.86. The largest absolute Gasteiger partial charge is 0.301 e. The van der Waals surface area contributed by atoms with Gasteiger partial charge in [0.25, 0.3) is 10.2 Å². The molecule has 2 N–H and O–H groups in total. The summed E-state index contributed by atoms with van der Waals surface area (Å²) in [4.78, 5) is 2.28. The van der Waals surface area contributed by atoms with Crippen molar-refractivity contribution in [1.29, 1.82) is 0 Å². The van der Waals surface area contributed by atoms with Crippen LogP contribution in [0.3, 0.4) is 0 Å². The zero-order chi connectivity index (χ0) is 10.6. The Labute approximate surface area is 86.0 Å². The fraction of sp³-hybridized carbons (Fsp3) is 1.00. The topological polar surface area (TPSA) is 66.6 Å². The Bertz CT molecular complexity index is 258. The molecule has 0 atom stereocenters. The molecule has 1 fully saturated rings. The van der Waals surface area contributed by atoms with E-state index >= 15 is 0 Å². The van der Waals surface area contributed by atoms with Crippen molar-refractivity contribution in [2.24, 2.45) is 5.14 Å². The zero-order valence-corrected chi connectivity index (χ0v) is 9.46. The van der Waals surface area contributed by atoms with Crippen molar-refractivity contribution >= 4 is 10.2 Å². The lowest BCUT2D eigenvalue weighted by atomic mass is 10.3. The standard InChI is InChI=1S/C8H19N3O2S/c1-2-3-4-10-5-7-11(8-6-10)14(9,12)13/h2-8H2,1H3,(H2,9,12,13). The molecule has 6 heteroatoms. The molecule has 0 unspecified atom stereocenters. The Morgan fingerprint density at radius 1 is 1.21 bits per heavy atom. The molecule has 1 aliphatic rings. The highest BCUT2D eigenvalue weighted by Gasteiger charge is 2.23. The zero-order valence-electron chi connectivity index (χ0n) is 8.65. The lowest BCUT2D eigenvalue weighted by Gasteiger charge is -2.32. The third-order valence-electron chi connectivity index (χ3n) is 2.52. The Balaban J connectivity index is 2.31. The van der Waals surface area contributed by atoms with Crippen LogP contribution in [-0.4, -0.2) is 50.3 Å². The normalized spacial score (nSPS) is 21.3. The number of nitrogens with zero attached hydrogens (tertiary/aromatic N) is 2. The number of nitrogens with two attached hydrogens (primary N) is 1. The predicted molar refractivity (Wildman–Crippen MR) is 56.0 cm³/mol. The second-order valence-electron chi connectivity index (χ2n) is 3.64. The maximum atomic E-state index is 11.0. The van der Waals surface area contributed by atoms with Gasteiger partial charge in [-0.05, 0) is 13.0 Å². The van der Waals surface area contributed by atoms with Gasteiger partial charge in [-0.15, -0.1) is 0 Å². The second kappa shape index (κ2) is 5.06. The Morgan fingerprint density at radius 3 is 2.21 bits per heavy atom. The van der Waals surface area contributed by atoms with Gasteiger partial charge < -0.3 is 4.90 Å². The summed E-state index contributed by atoms with van der Waals surface area (Å²) in [7, 11) is -3.46. The van der Waals surface area contributed by atoms with Crippen LogP contribution in [0.4, 0.5) is 0 Å². The molecule has 0 aromatic rings. The van der Waals surface area contributed by atoms with Crippen LogP contribution in [0.1, 0.15) is 19.8 Å². The molecule has 0 saturated carbocycles. The third-order valence-corrected chi connectivity index (χ3v) is 3.60. The van der Waals surface area contributed by atoms with Crippen LogP contribution in [0.5, 0.6) is 0 Å². The minimum atomic E-state index is -3.46. The highest BCUT2D eigenvalue weighted by atomic mass is 32.2. The van der Waals surface area contributed by atoms with E-state index in [1.807, 2.05) is 0 Å². The van der Waals surface area contributed by atoms with Gasteiger partial charge in [0.15, 0.2) is 0 Å². The van der Waals surface area contributed by atoms with Crippen LogP contribution >= 0.6 is 0 Å². The number of unbranched alkanes of at least 4 members (excludes halogenated alkanes) is 1. The quantitative estimate of drug-likeness (QED) is 0.703. The van der Waals surface area contributed by atoms with Gasteiger partial charge in [-0.1, -0.05) is 13.3 Å². The lowest BCUT2D eigenvalue weighted by molar-refractivity contribution is 0.186. The fourth-order valence-corrected chi connectivity index (χ4v) is 2.26. The van der Waals surface area contributed by atoms with Gasteiger partial charge in [0.1, 0.15) is 0 Å². The molecule has 1 aliphatic heterocycles. The van der Waals surface area contributed by atoms with Crippen LogP contribution in [0.25, 0.3) is 0 Å². The van der Waals surface area contributed by atoms with Gasteiger partial charge in [0.2, 0.25) is 0 Å². The van der Waals surface area contributed by atoms with Crippen molar-refractivity contribution in [3.8, 4) is 0 Å². The van der Waals surface area contributed by atoms with Gasteiger partial charge in [0.05, 0.1) is 0 Å². The maximum Gasteiger partial charge on any atom is 0.276 e. The number of rotatable bonds is 4. The maximum absolute atomic E-state index is 11.0. The number of piperazine rings is 1. The van der Waals surface area contributed by atoms with E-state index in [0.717, 1.165) is 19.6 Å². The summed E-state index contributed by atoms with van der Waals surface area (Å²) in [5.74, 6) is 0. The van der Waals surface area contributed by atoms with E-state index in [-0.39, 0.29) is 0 Å². The summed E-state index contributed by atoms with van der Waals surface area (Å²) in [5, 5.41) is 5.04. The van der Waals surface area contributed by atoms with Gasteiger partial charge >= 0.3 is 0 Å². The summed E-state index contributed by atoms with van der Waals surface area (Å²) in [6, 6.07) is 0. The molecule has 1 saturated heterocycles. The molecular weight excluding hydrogens is 202 g/mol. The van der Waals surface area contributed by atoms with E-state index in [1.165, 1.54) is 17.1 Å². The van der Waals surface area contributed by atoms with Crippen molar-refractivity contribution < 1.29 is 8.42 Å². The van der Waals surface area contributed by atoms with Crippen LogP contribution < -0.4 is 5.14 Å². The monoisotopic (exact) mass is 221 g/mol. The summed E-state index contributed by atoms with van der Waals surface area (Å²) < 4.78 is 23.3. The first-order chi connectivity index (χ1) is 6.54. The average molecular weight is 221 g/mol. The van der Waals surface area contributed by atoms with Crippen LogP contribution in [0, 0.1) is 0 Å². The number of hydrogen-bond donors (Lipinski definition) is 1. The van der Waals surface area contributed by atoms with E-state index in [0.29, 0.717) is 13.1 Å². The van der Waals surface area contributed by atoms with E-state index in [4.69, 9.17) is 5.14 Å². The fourth-order valence-electron chi connectivity index (χ4n) is 1.59. The van der Waals surface area contributed by atoms with Crippen molar-refractivity contribution in [2.75, 3.05) is 32.7 Å². The highest BCUT2D eigenvalue weighted by Crippen LogP contribution is 2.05. The molecule has 0 bridgehead atoms. The predicted octanol–water partition coefficient (Wildman–Crippen LogP) is -0.392. The molecular formula is C8H19N3O2S. The van der Waals surface area contributed by atoms with Gasteiger partial charge in [0, 0.05) is 26.2 Å². The molecule has 0 amide bonds. The van der Waals surface area contributed by atoms with E-state index < -0.39 is 10.2 Å². The number of hydrogen-bond acceptors (Lipinski definition) is 3. The molecule has 1 heterocycles. The summed E-state index contributed by atoms with van der Waals surface area (Å²) in [5.41, 5.74) is 0. The van der Waals surface area contributed by atoms with Crippen LogP contribution in [0.2, 0.25) is 0 Å². The molecule has 1 rings (SSSR count). The first-order valence-electron chi connectivity index (χ1n) is 5.04. The molecule has 0 aromatic heterocycles. The average Bonchev–Trinajstić information content (AvgIpc) is 2.14. The molecule has 0 spiro atoms. The summed E-state index contributed by atoms with van der Waals surface area (Å²) >= 11 is 0. The minimum Gasteiger partial charge on any atom is -0.301 e. The molecule has 5 nitrogen and oxygen atoms in total. The summed E-state index contributed by atoms with van der Waals surface area (Å²) in [6.45, 7) is 5.88.